The van der Waals surface area contributed by atoms with Gasteiger partial charge in [-0.25, -0.2) is 0 Å². The quantitative estimate of drug-likeness (QED) is 0.229. The zero-order valence-electron chi connectivity index (χ0n) is 21.4. The first-order valence-corrected chi connectivity index (χ1v) is 13.5. The number of nitrogens with zero attached hydrogens (tertiary/aromatic N) is 2. The average Bonchev–Trinajstić information content (AvgIpc) is 3.02. The summed E-state index contributed by atoms with van der Waals surface area (Å²) in [6.45, 7) is 0.108. The van der Waals surface area contributed by atoms with E-state index in [1.807, 2.05) is 0 Å². The van der Waals surface area contributed by atoms with Crippen LogP contribution < -0.4 is 20.6 Å². The predicted octanol–water partition coefficient (Wildman–Crippen LogP) is 8.06. The largest absolute Gasteiger partial charge is 0.376 e. The molecule has 39 heavy (non-hydrogen) atoms. The molecule has 2 aliphatic rings. The van der Waals surface area contributed by atoms with Crippen molar-refractivity contribution in [2.45, 2.75) is 0 Å². The van der Waals surface area contributed by atoms with Crippen LogP contribution in [0.3, 0.4) is 0 Å². The Morgan fingerprint density at radius 1 is 0.410 bits per heavy atom. The summed E-state index contributed by atoms with van der Waals surface area (Å²) in [5.41, 5.74) is 13.8. The zero-order valence-corrected chi connectivity index (χ0v) is 21.4. The van der Waals surface area contributed by atoms with Gasteiger partial charge in [0, 0.05) is 33.9 Å². The Morgan fingerprint density at radius 2 is 0.923 bits per heavy atom. The SMILES string of the molecule is c1ccc(N(c2ccccc2)c2cccc3c2-c2ccccc2B2c4ccccc4-c4ccccc4N23)cc1. The highest BCUT2D eigenvalue weighted by Gasteiger charge is 2.42. The minimum atomic E-state index is 0.108. The van der Waals surface area contributed by atoms with Crippen molar-refractivity contribution in [3.8, 4) is 22.3 Å². The van der Waals surface area contributed by atoms with Gasteiger partial charge in [-0.1, -0.05) is 109 Å². The molecule has 6 aromatic rings. The fraction of sp³-hybridized carbons (Fsp3) is 0. The summed E-state index contributed by atoms with van der Waals surface area (Å²) in [7, 11) is 0. The molecule has 3 heteroatoms. The lowest BCUT2D eigenvalue weighted by atomic mass is 9.43. The molecule has 0 saturated heterocycles. The molecule has 182 valence electrons. The van der Waals surface area contributed by atoms with Crippen LogP contribution in [0.5, 0.6) is 0 Å². The van der Waals surface area contributed by atoms with Gasteiger partial charge in [0.1, 0.15) is 0 Å². The maximum Gasteiger partial charge on any atom is 0.329 e. The fourth-order valence-electron chi connectivity index (χ4n) is 6.48. The summed E-state index contributed by atoms with van der Waals surface area (Å²) < 4.78 is 0. The normalized spacial score (nSPS) is 12.5. The van der Waals surface area contributed by atoms with E-state index >= 15 is 0 Å². The lowest BCUT2D eigenvalue weighted by Crippen LogP contribution is -2.59. The first-order chi connectivity index (χ1) is 19.4. The molecule has 2 nitrogen and oxygen atoms in total. The van der Waals surface area contributed by atoms with Crippen molar-refractivity contribution < 1.29 is 0 Å². The lowest BCUT2D eigenvalue weighted by Gasteiger charge is -2.44. The van der Waals surface area contributed by atoms with Crippen LogP contribution >= 0.6 is 0 Å². The highest BCUT2D eigenvalue weighted by atomic mass is 15.2. The van der Waals surface area contributed by atoms with Crippen LogP contribution in [0, 0.1) is 0 Å². The van der Waals surface area contributed by atoms with Crippen LogP contribution in [-0.4, -0.2) is 6.85 Å². The molecule has 2 heterocycles. The first kappa shape index (κ1) is 22.0. The molecule has 0 aliphatic carbocycles. The van der Waals surface area contributed by atoms with Crippen molar-refractivity contribution in [2.75, 3.05) is 9.71 Å². The molecule has 0 aromatic heterocycles. The van der Waals surface area contributed by atoms with Crippen LogP contribution in [0.2, 0.25) is 0 Å². The topological polar surface area (TPSA) is 6.48 Å². The average molecular weight is 496 g/mol. The smallest absolute Gasteiger partial charge is 0.329 e. The fourth-order valence-corrected chi connectivity index (χ4v) is 6.48. The predicted molar refractivity (Wildman–Crippen MR) is 166 cm³/mol. The number of anilines is 5. The summed E-state index contributed by atoms with van der Waals surface area (Å²) >= 11 is 0. The molecular weight excluding hydrogens is 471 g/mol. The van der Waals surface area contributed by atoms with Gasteiger partial charge in [0.25, 0.3) is 0 Å². The molecular formula is C36H25BN2. The molecule has 0 atom stereocenters. The molecule has 0 saturated carbocycles. The van der Waals surface area contributed by atoms with Crippen molar-refractivity contribution in [2.24, 2.45) is 0 Å². The first-order valence-electron chi connectivity index (χ1n) is 13.5. The maximum atomic E-state index is 2.56. The number of para-hydroxylation sites is 3. The van der Waals surface area contributed by atoms with Gasteiger partial charge in [0.15, 0.2) is 0 Å². The molecule has 0 amide bonds. The summed E-state index contributed by atoms with van der Waals surface area (Å²) in [5.74, 6) is 0. The van der Waals surface area contributed by atoms with Gasteiger partial charge < -0.3 is 9.71 Å². The van der Waals surface area contributed by atoms with Gasteiger partial charge >= 0.3 is 6.85 Å². The van der Waals surface area contributed by atoms with Gasteiger partial charge in [-0.3, -0.25) is 0 Å². The van der Waals surface area contributed by atoms with E-state index in [9.17, 15) is 0 Å². The second-order valence-electron chi connectivity index (χ2n) is 10.1. The van der Waals surface area contributed by atoms with Gasteiger partial charge in [-0.2, -0.15) is 0 Å². The number of fused-ring (bicyclic) bond motifs is 11. The van der Waals surface area contributed by atoms with E-state index in [0.717, 1.165) is 11.4 Å². The molecule has 8 rings (SSSR count). The molecule has 0 fully saturated rings. The van der Waals surface area contributed by atoms with Gasteiger partial charge in [0.05, 0.1) is 5.69 Å². The summed E-state index contributed by atoms with van der Waals surface area (Å²) in [6, 6.07) is 54.8. The van der Waals surface area contributed by atoms with Crippen molar-refractivity contribution >= 4 is 46.2 Å². The summed E-state index contributed by atoms with van der Waals surface area (Å²) in [4.78, 5) is 4.95. The number of hydrogen-bond acceptors (Lipinski definition) is 2. The van der Waals surface area contributed by atoms with Crippen molar-refractivity contribution in [3.05, 3.63) is 152 Å². The lowest BCUT2D eigenvalue weighted by molar-refractivity contribution is 1.27. The van der Waals surface area contributed by atoms with Crippen molar-refractivity contribution in [3.63, 3.8) is 0 Å². The molecule has 6 aromatic carbocycles. The summed E-state index contributed by atoms with van der Waals surface area (Å²) in [5, 5.41) is 0. The Balaban J connectivity index is 1.46. The van der Waals surface area contributed by atoms with E-state index in [1.54, 1.807) is 0 Å². The van der Waals surface area contributed by atoms with E-state index in [-0.39, 0.29) is 6.85 Å². The van der Waals surface area contributed by atoms with Crippen molar-refractivity contribution in [1.82, 2.24) is 0 Å². The second kappa shape index (κ2) is 8.78. The molecule has 0 spiro atoms. The molecule has 0 N–H and O–H groups in total. The minimum absolute atomic E-state index is 0.108. The van der Waals surface area contributed by atoms with Crippen molar-refractivity contribution in [1.29, 1.82) is 0 Å². The second-order valence-corrected chi connectivity index (χ2v) is 10.1. The monoisotopic (exact) mass is 496 g/mol. The van der Waals surface area contributed by atoms with Gasteiger partial charge in [-0.05, 0) is 64.5 Å². The van der Waals surface area contributed by atoms with E-state index in [2.05, 4.69) is 161 Å². The Kier molecular flexibility index (Phi) is 4.96. The molecule has 0 radical (unpaired) electrons. The number of hydrogen-bond donors (Lipinski definition) is 0. The highest BCUT2D eigenvalue weighted by Crippen LogP contribution is 2.50. The zero-order chi connectivity index (χ0) is 25.8. The summed E-state index contributed by atoms with van der Waals surface area (Å²) in [6.07, 6.45) is 0. The number of benzene rings is 6. The third-order valence-corrected chi connectivity index (χ3v) is 8.04. The third-order valence-electron chi connectivity index (χ3n) is 8.04. The van der Waals surface area contributed by atoms with Gasteiger partial charge in [0.2, 0.25) is 0 Å². The highest BCUT2D eigenvalue weighted by molar-refractivity contribution is 6.92. The Hall–Kier alpha value is -5.02. The maximum absolute atomic E-state index is 2.56. The Bertz CT molecular complexity index is 1790. The van der Waals surface area contributed by atoms with E-state index < -0.39 is 0 Å². The van der Waals surface area contributed by atoms with Crippen LogP contribution in [-0.2, 0) is 0 Å². The van der Waals surface area contributed by atoms with E-state index in [1.165, 1.54) is 50.2 Å². The van der Waals surface area contributed by atoms with Gasteiger partial charge in [-0.15, -0.1) is 0 Å². The Labute approximate surface area is 229 Å². The van der Waals surface area contributed by atoms with Crippen LogP contribution in [0.15, 0.2) is 152 Å². The van der Waals surface area contributed by atoms with E-state index in [4.69, 9.17) is 0 Å². The van der Waals surface area contributed by atoms with Crippen LogP contribution in [0.1, 0.15) is 0 Å². The molecule has 2 aliphatic heterocycles. The Morgan fingerprint density at radius 3 is 1.62 bits per heavy atom. The van der Waals surface area contributed by atoms with E-state index in [0.29, 0.717) is 0 Å². The van der Waals surface area contributed by atoms with Crippen LogP contribution in [0.4, 0.5) is 28.4 Å². The molecule has 0 unspecified atom stereocenters. The third kappa shape index (κ3) is 3.30. The standard InChI is InChI=1S/C36H25BN2/c1-3-14-26(15-4-1)38(27-16-5-2-6-17-27)34-24-13-25-35-36(34)30-20-8-11-22-32(30)37-31-21-10-7-18-28(31)29-19-9-12-23-33(29)39(35)37/h1-25H. The minimum Gasteiger partial charge on any atom is -0.376 e. The van der Waals surface area contributed by atoms with Crippen LogP contribution in [0.25, 0.3) is 22.3 Å². The molecule has 0 bridgehead atoms. The number of rotatable bonds is 3.